The fourth-order valence-electron chi connectivity index (χ4n) is 4.39. The number of benzene rings is 2. The van der Waals surface area contributed by atoms with Crippen LogP contribution in [0.4, 0.5) is 16.2 Å². The fourth-order valence-corrected chi connectivity index (χ4v) is 5.22. The molecule has 0 unspecified atom stereocenters. The summed E-state index contributed by atoms with van der Waals surface area (Å²) in [4.78, 5) is 29.6. The molecular formula is C25H26N2O2S. The molecule has 0 aliphatic carbocycles. The van der Waals surface area contributed by atoms with E-state index in [0.717, 1.165) is 29.4 Å². The highest BCUT2D eigenvalue weighted by Gasteiger charge is 2.36. The molecule has 2 aliphatic rings. The average Bonchev–Trinajstić information content (AvgIpc) is 2.96. The van der Waals surface area contributed by atoms with Crippen LogP contribution in [0.25, 0.3) is 11.6 Å². The third-order valence-electron chi connectivity index (χ3n) is 5.78. The molecule has 2 aliphatic heterocycles. The number of likely N-dealkylation sites (N-methyl/N-ethyl adjacent to an activating group) is 1. The standard InChI is InChI=1S/C25H26N2O2S/c1-6-26-21-12-16(2)18(13-20(21)17(3)15-25(26,4)5)14-22-23(28)27(24(29)30-22)19-10-8-7-9-11-19/h7-15H,6H2,1-5H3/b22-14-. The summed E-state index contributed by atoms with van der Waals surface area (Å²) in [5, 5.41) is -0.261. The van der Waals surface area contributed by atoms with E-state index in [1.54, 1.807) is 12.1 Å². The number of allylic oxidation sites excluding steroid dienone is 1. The van der Waals surface area contributed by atoms with Gasteiger partial charge in [-0.3, -0.25) is 9.59 Å². The predicted octanol–water partition coefficient (Wildman–Crippen LogP) is 6.26. The highest BCUT2D eigenvalue weighted by molar-refractivity contribution is 8.19. The van der Waals surface area contributed by atoms with E-state index in [4.69, 9.17) is 0 Å². The van der Waals surface area contributed by atoms with Crippen LogP contribution in [-0.2, 0) is 4.79 Å². The molecule has 1 fully saturated rings. The van der Waals surface area contributed by atoms with Crippen LogP contribution in [0.5, 0.6) is 0 Å². The van der Waals surface area contributed by atoms with Gasteiger partial charge in [0, 0.05) is 17.8 Å². The maximum atomic E-state index is 13.0. The van der Waals surface area contributed by atoms with Crippen LogP contribution in [0.15, 0.2) is 53.4 Å². The highest BCUT2D eigenvalue weighted by Crippen LogP contribution is 2.41. The first-order valence-corrected chi connectivity index (χ1v) is 11.0. The molecule has 4 rings (SSSR count). The largest absolute Gasteiger partial charge is 0.363 e. The van der Waals surface area contributed by atoms with E-state index in [2.05, 4.69) is 57.7 Å². The number of para-hydroxylation sites is 1. The van der Waals surface area contributed by atoms with Gasteiger partial charge in [-0.05, 0) is 93.4 Å². The molecule has 2 amide bonds. The molecule has 30 heavy (non-hydrogen) atoms. The van der Waals surface area contributed by atoms with Crippen LogP contribution >= 0.6 is 11.8 Å². The number of nitrogens with zero attached hydrogens (tertiary/aromatic N) is 2. The lowest BCUT2D eigenvalue weighted by atomic mass is 9.87. The number of anilines is 2. The Hall–Kier alpha value is -2.79. The maximum Gasteiger partial charge on any atom is 0.298 e. The van der Waals surface area contributed by atoms with Crippen molar-refractivity contribution in [1.29, 1.82) is 0 Å². The Morgan fingerprint density at radius 2 is 1.77 bits per heavy atom. The second-order valence-electron chi connectivity index (χ2n) is 8.30. The van der Waals surface area contributed by atoms with Gasteiger partial charge in [0.2, 0.25) is 0 Å². The maximum absolute atomic E-state index is 13.0. The molecule has 154 valence electrons. The molecule has 2 aromatic carbocycles. The van der Waals surface area contributed by atoms with Gasteiger partial charge in [0.05, 0.1) is 16.1 Å². The second kappa shape index (κ2) is 7.47. The number of imide groups is 1. The Morgan fingerprint density at radius 3 is 2.43 bits per heavy atom. The summed E-state index contributed by atoms with van der Waals surface area (Å²) in [6, 6.07) is 13.4. The molecule has 1 saturated heterocycles. The monoisotopic (exact) mass is 418 g/mol. The third kappa shape index (κ3) is 3.37. The minimum absolute atomic E-state index is 0.0435. The van der Waals surface area contributed by atoms with Crippen molar-refractivity contribution in [3.63, 3.8) is 0 Å². The number of carbonyl (C=O) groups excluding carboxylic acids is 2. The van der Waals surface area contributed by atoms with Gasteiger partial charge in [-0.2, -0.15) is 0 Å². The van der Waals surface area contributed by atoms with Crippen LogP contribution in [0.1, 0.15) is 44.4 Å². The lowest BCUT2D eigenvalue weighted by Gasteiger charge is -2.43. The van der Waals surface area contributed by atoms with Crippen molar-refractivity contribution in [1.82, 2.24) is 0 Å². The first kappa shape index (κ1) is 20.5. The zero-order valence-electron chi connectivity index (χ0n) is 18.0. The number of fused-ring (bicyclic) bond motifs is 1. The van der Waals surface area contributed by atoms with E-state index in [-0.39, 0.29) is 16.7 Å². The zero-order valence-corrected chi connectivity index (χ0v) is 18.8. The molecule has 2 aromatic rings. The molecule has 0 saturated carbocycles. The van der Waals surface area contributed by atoms with Crippen molar-refractivity contribution in [2.75, 3.05) is 16.3 Å². The predicted molar refractivity (Wildman–Crippen MR) is 127 cm³/mol. The number of amides is 2. The van der Waals surface area contributed by atoms with Crippen molar-refractivity contribution in [3.05, 3.63) is 70.1 Å². The summed E-state index contributed by atoms with van der Waals surface area (Å²) < 4.78 is 0. The molecule has 0 atom stereocenters. The van der Waals surface area contributed by atoms with Crippen molar-refractivity contribution in [2.24, 2.45) is 0 Å². The minimum Gasteiger partial charge on any atom is -0.363 e. The van der Waals surface area contributed by atoms with Crippen molar-refractivity contribution < 1.29 is 9.59 Å². The molecule has 0 bridgehead atoms. The fraction of sp³-hybridized carbons (Fsp3) is 0.280. The van der Waals surface area contributed by atoms with Gasteiger partial charge in [0.25, 0.3) is 11.1 Å². The Bertz CT molecular complexity index is 1100. The Balaban J connectivity index is 1.75. The summed E-state index contributed by atoms with van der Waals surface area (Å²) in [5.74, 6) is -0.267. The van der Waals surface area contributed by atoms with E-state index < -0.39 is 0 Å². The number of aryl methyl sites for hydroxylation is 1. The van der Waals surface area contributed by atoms with E-state index in [1.165, 1.54) is 21.7 Å². The molecule has 0 radical (unpaired) electrons. The van der Waals surface area contributed by atoms with Gasteiger partial charge in [-0.1, -0.05) is 24.3 Å². The highest BCUT2D eigenvalue weighted by atomic mass is 32.2. The molecule has 2 heterocycles. The van der Waals surface area contributed by atoms with E-state index in [0.29, 0.717) is 10.6 Å². The van der Waals surface area contributed by atoms with Gasteiger partial charge in [0.15, 0.2) is 0 Å². The third-order valence-corrected chi connectivity index (χ3v) is 6.65. The van der Waals surface area contributed by atoms with E-state index in [9.17, 15) is 9.59 Å². The second-order valence-corrected chi connectivity index (χ2v) is 9.30. The summed E-state index contributed by atoms with van der Waals surface area (Å²) in [7, 11) is 0. The van der Waals surface area contributed by atoms with Gasteiger partial charge in [-0.25, -0.2) is 4.90 Å². The molecule has 0 N–H and O–H groups in total. The topological polar surface area (TPSA) is 40.6 Å². The summed E-state index contributed by atoms with van der Waals surface area (Å²) in [5.41, 5.74) is 6.24. The van der Waals surface area contributed by atoms with Crippen LogP contribution in [0, 0.1) is 6.92 Å². The van der Waals surface area contributed by atoms with Gasteiger partial charge >= 0.3 is 0 Å². The molecular weight excluding hydrogens is 392 g/mol. The first-order chi connectivity index (χ1) is 14.2. The molecule has 0 aromatic heterocycles. The van der Waals surface area contributed by atoms with Gasteiger partial charge in [0.1, 0.15) is 0 Å². The number of rotatable bonds is 3. The SMILES string of the molecule is CCN1c2cc(C)c(/C=C3\SC(=O)N(c4ccccc4)C3=O)cc2C(C)=CC1(C)C. The number of thioether (sulfide) groups is 1. The Labute approximate surface area is 182 Å². The average molecular weight is 419 g/mol. The molecule has 5 heteroatoms. The lowest BCUT2D eigenvalue weighted by Crippen LogP contribution is -2.44. The quantitative estimate of drug-likeness (QED) is 0.552. The van der Waals surface area contributed by atoms with E-state index >= 15 is 0 Å². The van der Waals surface area contributed by atoms with Gasteiger partial charge in [-0.15, -0.1) is 0 Å². The summed E-state index contributed by atoms with van der Waals surface area (Å²) in [6.45, 7) is 11.7. The Morgan fingerprint density at radius 1 is 1.07 bits per heavy atom. The number of carbonyl (C=O) groups is 2. The smallest absolute Gasteiger partial charge is 0.298 e. The van der Waals surface area contributed by atoms with Crippen molar-refractivity contribution >= 4 is 45.9 Å². The Kier molecular flexibility index (Phi) is 5.10. The van der Waals surface area contributed by atoms with Gasteiger partial charge < -0.3 is 4.90 Å². The molecule has 4 nitrogen and oxygen atoms in total. The first-order valence-electron chi connectivity index (χ1n) is 10.2. The van der Waals surface area contributed by atoms with Crippen LogP contribution in [0.3, 0.4) is 0 Å². The van der Waals surface area contributed by atoms with Crippen LogP contribution in [0.2, 0.25) is 0 Å². The summed E-state index contributed by atoms with van der Waals surface area (Å²) in [6.07, 6.45) is 4.15. The van der Waals surface area contributed by atoms with E-state index in [1.807, 2.05) is 24.3 Å². The lowest BCUT2D eigenvalue weighted by molar-refractivity contribution is -0.113. The zero-order chi connectivity index (χ0) is 21.6. The minimum atomic E-state index is -0.267. The van der Waals surface area contributed by atoms with Crippen molar-refractivity contribution in [3.8, 4) is 0 Å². The number of hydrogen-bond acceptors (Lipinski definition) is 4. The van der Waals surface area contributed by atoms with Crippen molar-refractivity contribution in [2.45, 2.75) is 40.2 Å². The molecule has 0 spiro atoms. The van der Waals surface area contributed by atoms with Crippen LogP contribution < -0.4 is 9.80 Å². The van der Waals surface area contributed by atoms with Crippen LogP contribution in [-0.4, -0.2) is 23.2 Å². The normalized spacial score (nSPS) is 19.4. The summed E-state index contributed by atoms with van der Waals surface area (Å²) >= 11 is 0.997. The number of hydrogen-bond donors (Lipinski definition) is 0.